The van der Waals surface area contributed by atoms with Gasteiger partial charge in [0.15, 0.2) is 0 Å². The summed E-state index contributed by atoms with van der Waals surface area (Å²) in [6.45, 7) is 8.52. The molecule has 0 radical (unpaired) electrons. The van der Waals surface area contributed by atoms with Gasteiger partial charge < -0.3 is 10.1 Å². The van der Waals surface area contributed by atoms with E-state index in [1.807, 2.05) is 12.3 Å². The maximum absolute atomic E-state index is 12.5. The Kier molecular flexibility index (Phi) is 5.47. The summed E-state index contributed by atoms with van der Waals surface area (Å²) in [6, 6.07) is 0. The van der Waals surface area contributed by atoms with E-state index in [2.05, 4.69) is 26.1 Å². The lowest BCUT2D eigenvalue weighted by Crippen LogP contribution is -2.48. The van der Waals surface area contributed by atoms with E-state index in [1.54, 1.807) is 0 Å². The summed E-state index contributed by atoms with van der Waals surface area (Å²) in [6.07, 6.45) is 3.80. The van der Waals surface area contributed by atoms with Crippen molar-refractivity contribution >= 4 is 27.1 Å². The zero-order valence-corrected chi connectivity index (χ0v) is 14.2. The van der Waals surface area contributed by atoms with Crippen LogP contribution < -0.4 is 5.32 Å². The van der Waals surface area contributed by atoms with Crippen molar-refractivity contribution in [1.82, 2.24) is 5.32 Å². The molecule has 5 atom stereocenters. The fourth-order valence-electron chi connectivity index (χ4n) is 3.29. The van der Waals surface area contributed by atoms with Gasteiger partial charge in [0.05, 0.1) is 11.8 Å². The molecule has 1 aliphatic heterocycles. The van der Waals surface area contributed by atoms with Gasteiger partial charge in [0.25, 0.3) is 0 Å². The predicted molar refractivity (Wildman–Crippen MR) is 87.5 cm³/mol. The lowest BCUT2D eigenvalue weighted by molar-refractivity contribution is -0.126. The van der Waals surface area contributed by atoms with Gasteiger partial charge in [0, 0.05) is 0 Å². The van der Waals surface area contributed by atoms with Crippen LogP contribution in [-0.2, 0) is 9.53 Å². The number of carbonyl (C=O) groups is 2. The molecule has 1 heterocycles. The average molecular weight is 313 g/mol. The molecular formula is C16H27NO3S. The smallest absolute Gasteiger partial charge is 0.363 e. The molecule has 1 saturated heterocycles. The molecule has 4 nitrogen and oxygen atoms in total. The minimum atomic E-state index is -0.614. The second kappa shape index (κ2) is 6.95. The van der Waals surface area contributed by atoms with Crippen molar-refractivity contribution in [2.45, 2.75) is 64.9 Å². The number of nitrogens with one attached hydrogen (secondary N) is 1. The molecule has 2 fully saturated rings. The second-order valence-electron chi connectivity index (χ2n) is 6.60. The van der Waals surface area contributed by atoms with Crippen molar-refractivity contribution in [3.05, 3.63) is 0 Å². The summed E-state index contributed by atoms with van der Waals surface area (Å²) in [5.41, 5.74) is 0. The molecular weight excluding hydrogens is 286 g/mol. The van der Waals surface area contributed by atoms with Crippen LogP contribution in [0.1, 0.15) is 53.4 Å². The number of amides is 1. The number of hydrogen-bond acceptors (Lipinski definition) is 3. The maximum Gasteiger partial charge on any atom is 0.363 e. The quantitative estimate of drug-likeness (QED) is 0.493. The summed E-state index contributed by atoms with van der Waals surface area (Å²) in [5.74, 6) is 1.64. The highest BCUT2D eigenvalue weighted by molar-refractivity contribution is 8.27. The summed E-state index contributed by atoms with van der Waals surface area (Å²) in [5, 5.41) is 4.48. The highest BCUT2D eigenvalue weighted by Crippen LogP contribution is 2.37. The Morgan fingerprint density at radius 3 is 2.62 bits per heavy atom. The van der Waals surface area contributed by atoms with Crippen molar-refractivity contribution in [2.24, 2.45) is 17.8 Å². The Morgan fingerprint density at radius 2 is 2.10 bits per heavy atom. The van der Waals surface area contributed by atoms with E-state index in [1.165, 1.54) is 6.42 Å². The van der Waals surface area contributed by atoms with Crippen LogP contribution in [0.15, 0.2) is 0 Å². The predicted octanol–water partition coefficient (Wildman–Crippen LogP) is 3.52. The second-order valence-corrected chi connectivity index (χ2v) is 8.72. The Bertz CT molecular complexity index is 439. The van der Waals surface area contributed by atoms with E-state index in [9.17, 15) is 9.59 Å². The Labute approximate surface area is 129 Å². The minimum Gasteiger partial charge on any atom is -0.454 e. The summed E-state index contributed by atoms with van der Waals surface area (Å²) in [7, 11) is -0.614. The van der Waals surface area contributed by atoms with E-state index >= 15 is 0 Å². The summed E-state index contributed by atoms with van der Waals surface area (Å²) >= 11 is 0. The Hall–Kier alpha value is -0.840. The van der Waals surface area contributed by atoms with E-state index < -0.39 is 10.5 Å². The highest BCUT2D eigenvalue weighted by Gasteiger charge is 2.36. The highest BCUT2D eigenvalue weighted by atomic mass is 32.2. The van der Waals surface area contributed by atoms with Crippen molar-refractivity contribution < 1.29 is 14.3 Å². The molecule has 5 heteroatoms. The molecule has 2 unspecified atom stereocenters. The molecule has 1 aliphatic carbocycles. The average Bonchev–Trinajstić information content (AvgIpc) is 2.37. The zero-order valence-electron chi connectivity index (χ0n) is 13.4. The van der Waals surface area contributed by atoms with Gasteiger partial charge in [-0.3, -0.25) is 4.79 Å². The van der Waals surface area contributed by atoms with Crippen molar-refractivity contribution in [3.8, 4) is 0 Å². The van der Waals surface area contributed by atoms with Gasteiger partial charge in [-0.05, 0) is 37.5 Å². The van der Waals surface area contributed by atoms with Gasteiger partial charge in [-0.25, -0.2) is 4.79 Å². The summed E-state index contributed by atoms with van der Waals surface area (Å²) < 4.78 is 5.87. The number of rotatable bonds is 3. The van der Waals surface area contributed by atoms with Gasteiger partial charge in [-0.15, -0.1) is 0 Å². The van der Waals surface area contributed by atoms with Gasteiger partial charge in [-0.1, -0.05) is 43.0 Å². The molecule has 2 rings (SSSR count). The molecule has 0 spiro atoms. The zero-order chi connectivity index (χ0) is 15.6. The van der Waals surface area contributed by atoms with Crippen LogP contribution in [0.2, 0.25) is 0 Å². The first kappa shape index (κ1) is 16.5. The van der Waals surface area contributed by atoms with Gasteiger partial charge in [0.2, 0.25) is 5.91 Å². The number of β-lactam (4-membered cyclic amide) rings is 1. The van der Waals surface area contributed by atoms with Crippen LogP contribution in [0.25, 0.3) is 0 Å². The fraction of sp³-hybridized carbons (Fsp3) is 0.812. The summed E-state index contributed by atoms with van der Waals surface area (Å²) in [4.78, 5) is 23.5. The maximum atomic E-state index is 12.5. The first-order chi connectivity index (χ1) is 9.92. The van der Waals surface area contributed by atoms with Gasteiger partial charge in [-0.2, -0.15) is 0 Å². The first-order valence-corrected chi connectivity index (χ1v) is 9.28. The lowest BCUT2D eigenvalue weighted by atomic mass is 9.75. The normalized spacial score (nSPS) is 34.2. The van der Waals surface area contributed by atoms with Crippen LogP contribution in [0.4, 0.5) is 4.79 Å². The van der Waals surface area contributed by atoms with Gasteiger partial charge >= 0.3 is 5.30 Å². The standard InChI is InChI=1S/C16H27NO3S/c1-5-21(15-9-14(18)17-15)16(19)20-13-8-11(4)6-7-12(13)10(2)3/h5,10-13,15H,6-9H2,1-4H3,(H,17,18)/t11-,12-,13?,15-,21?/m0/s1. The largest absolute Gasteiger partial charge is 0.454 e. The van der Waals surface area contributed by atoms with Crippen molar-refractivity contribution in [3.63, 3.8) is 0 Å². The molecule has 1 saturated carbocycles. The number of ether oxygens (including phenoxy) is 1. The monoisotopic (exact) mass is 313 g/mol. The number of hydrogen-bond donors (Lipinski definition) is 1. The molecule has 2 aliphatic rings. The Balaban J connectivity index is 2.00. The Morgan fingerprint density at radius 1 is 1.43 bits per heavy atom. The number of carbonyl (C=O) groups excluding carboxylic acids is 2. The third-order valence-electron chi connectivity index (χ3n) is 4.65. The van der Waals surface area contributed by atoms with E-state index in [0.29, 0.717) is 24.2 Å². The van der Waals surface area contributed by atoms with E-state index in [-0.39, 0.29) is 22.7 Å². The molecule has 21 heavy (non-hydrogen) atoms. The SMILES string of the molecule is CC=S(C(=O)OC1C[C@@H](C)CC[C@H]1C(C)C)[C@H]1CC(=O)N1. The van der Waals surface area contributed by atoms with Crippen molar-refractivity contribution in [1.29, 1.82) is 0 Å². The molecule has 0 aromatic heterocycles. The van der Waals surface area contributed by atoms with Crippen LogP contribution in [0, 0.1) is 17.8 Å². The van der Waals surface area contributed by atoms with Crippen LogP contribution in [0.5, 0.6) is 0 Å². The van der Waals surface area contributed by atoms with Crippen LogP contribution in [0.3, 0.4) is 0 Å². The third-order valence-corrected chi connectivity index (χ3v) is 6.54. The minimum absolute atomic E-state index is 0.0264. The molecule has 120 valence electrons. The molecule has 0 bridgehead atoms. The molecule has 0 aromatic rings. The fourth-order valence-corrected chi connectivity index (χ4v) is 4.86. The molecule has 1 N–H and O–H groups in total. The molecule has 0 aromatic carbocycles. The van der Waals surface area contributed by atoms with Crippen molar-refractivity contribution in [2.75, 3.05) is 0 Å². The van der Waals surface area contributed by atoms with Crippen LogP contribution >= 0.6 is 10.5 Å². The molecule has 1 amide bonds. The van der Waals surface area contributed by atoms with E-state index in [0.717, 1.165) is 12.8 Å². The van der Waals surface area contributed by atoms with Crippen LogP contribution in [-0.4, -0.2) is 28.1 Å². The van der Waals surface area contributed by atoms with E-state index in [4.69, 9.17) is 4.74 Å². The topological polar surface area (TPSA) is 55.4 Å². The van der Waals surface area contributed by atoms with Gasteiger partial charge in [0.1, 0.15) is 6.10 Å². The third kappa shape index (κ3) is 3.87. The first-order valence-electron chi connectivity index (χ1n) is 7.93. The lowest BCUT2D eigenvalue weighted by Gasteiger charge is -2.37.